The maximum absolute atomic E-state index is 12.4. The van der Waals surface area contributed by atoms with Crippen molar-refractivity contribution in [3.63, 3.8) is 0 Å². The Morgan fingerprint density at radius 1 is 1.03 bits per heavy atom. The van der Waals surface area contributed by atoms with E-state index in [1.807, 2.05) is 50.2 Å². The number of nitrogens with zero attached hydrogens (tertiary/aromatic N) is 5. The molecule has 3 heterocycles. The van der Waals surface area contributed by atoms with Crippen LogP contribution in [0, 0.1) is 0 Å². The van der Waals surface area contributed by atoms with Crippen LogP contribution in [0.4, 0.5) is 11.5 Å². The second-order valence-corrected chi connectivity index (χ2v) is 8.38. The minimum atomic E-state index is -0.287. The highest BCUT2D eigenvalue weighted by Gasteiger charge is 2.13. The van der Waals surface area contributed by atoms with Crippen molar-refractivity contribution in [2.45, 2.75) is 45.6 Å². The van der Waals surface area contributed by atoms with Gasteiger partial charge in [-0.25, -0.2) is 4.98 Å². The van der Waals surface area contributed by atoms with E-state index >= 15 is 0 Å². The lowest BCUT2D eigenvalue weighted by Crippen LogP contribution is -2.30. The molecule has 4 rings (SSSR count). The Kier molecular flexibility index (Phi) is 6.58. The normalized spacial score (nSPS) is 13.9. The molecule has 8 heteroatoms. The molecule has 0 spiro atoms. The molecule has 1 aliphatic rings. The summed E-state index contributed by atoms with van der Waals surface area (Å²) >= 11 is 0. The number of piperidine rings is 1. The summed E-state index contributed by atoms with van der Waals surface area (Å²) in [6.45, 7) is 5.92. The van der Waals surface area contributed by atoms with E-state index < -0.39 is 0 Å². The van der Waals surface area contributed by atoms with E-state index in [1.54, 1.807) is 0 Å². The van der Waals surface area contributed by atoms with E-state index in [0.29, 0.717) is 11.4 Å². The van der Waals surface area contributed by atoms with E-state index in [1.165, 1.54) is 36.2 Å². The van der Waals surface area contributed by atoms with Crippen LogP contribution in [0.3, 0.4) is 0 Å². The van der Waals surface area contributed by atoms with Gasteiger partial charge in [-0.1, -0.05) is 26.0 Å². The summed E-state index contributed by atoms with van der Waals surface area (Å²) in [5.74, 6) is 0.795. The van der Waals surface area contributed by atoms with Crippen molar-refractivity contribution in [1.82, 2.24) is 19.7 Å². The predicted molar refractivity (Wildman–Crippen MR) is 125 cm³/mol. The maximum atomic E-state index is 12.4. The molecule has 1 fully saturated rings. The van der Waals surface area contributed by atoms with Crippen LogP contribution >= 0.6 is 0 Å². The summed E-state index contributed by atoms with van der Waals surface area (Å²) in [5, 5.41) is 11.6. The number of nitrogens with one attached hydrogen (secondary N) is 1. The molecule has 1 N–H and O–H groups in total. The van der Waals surface area contributed by atoms with Crippen molar-refractivity contribution in [2.75, 3.05) is 23.3 Å². The average Bonchev–Trinajstić information content (AvgIpc) is 2.81. The molecule has 0 radical (unpaired) electrons. The Labute approximate surface area is 187 Å². The van der Waals surface area contributed by atoms with Gasteiger partial charge in [-0.15, -0.1) is 10.2 Å². The number of amides is 1. The van der Waals surface area contributed by atoms with Gasteiger partial charge in [0.15, 0.2) is 5.82 Å². The van der Waals surface area contributed by atoms with Crippen LogP contribution in [-0.4, -0.2) is 38.7 Å². The van der Waals surface area contributed by atoms with E-state index in [9.17, 15) is 9.59 Å². The minimum Gasteiger partial charge on any atom is -0.355 e. The van der Waals surface area contributed by atoms with Crippen LogP contribution in [0.5, 0.6) is 0 Å². The number of rotatable bonds is 6. The van der Waals surface area contributed by atoms with Gasteiger partial charge in [0, 0.05) is 30.4 Å². The molecule has 0 bridgehead atoms. The summed E-state index contributed by atoms with van der Waals surface area (Å²) in [5.41, 5.74) is 2.84. The molecule has 1 aliphatic heterocycles. The molecule has 32 heavy (non-hydrogen) atoms. The van der Waals surface area contributed by atoms with E-state index in [2.05, 4.69) is 25.4 Å². The smallest absolute Gasteiger partial charge is 0.254 e. The van der Waals surface area contributed by atoms with Crippen LogP contribution in [0.1, 0.15) is 44.7 Å². The maximum Gasteiger partial charge on any atom is 0.254 e. The molecular weight excluding hydrogens is 404 g/mol. The lowest BCUT2D eigenvalue weighted by Gasteiger charge is -2.27. The minimum absolute atomic E-state index is 0.0879. The molecule has 1 aromatic carbocycles. The Balaban J connectivity index is 1.37. The van der Waals surface area contributed by atoms with Crippen molar-refractivity contribution in [1.29, 1.82) is 0 Å². The van der Waals surface area contributed by atoms with Gasteiger partial charge in [0.25, 0.3) is 5.56 Å². The molecule has 1 saturated heterocycles. The number of benzene rings is 1. The Morgan fingerprint density at radius 3 is 2.41 bits per heavy atom. The summed E-state index contributed by atoms with van der Waals surface area (Å²) in [6.07, 6.45) is 5.10. The first-order valence-electron chi connectivity index (χ1n) is 11.0. The van der Waals surface area contributed by atoms with Crippen molar-refractivity contribution in [3.05, 3.63) is 64.8 Å². The second kappa shape index (κ2) is 9.72. The zero-order chi connectivity index (χ0) is 22.5. The molecule has 8 nitrogen and oxygen atoms in total. The highest BCUT2D eigenvalue weighted by Crippen LogP contribution is 2.22. The Hall–Kier alpha value is -3.55. The highest BCUT2D eigenvalue weighted by molar-refractivity contribution is 5.90. The average molecular weight is 433 g/mol. The highest BCUT2D eigenvalue weighted by atomic mass is 16.2. The van der Waals surface area contributed by atoms with Crippen LogP contribution in [0.2, 0.25) is 0 Å². The quantitative estimate of drug-likeness (QED) is 0.641. The zero-order valence-corrected chi connectivity index (χ0v) is 18.5. The fraction of sp³-hybridized carbons (Fsp3) is 0.375. The van der Waals surface area contributed by atoms with Crippen LogP contribution in [0.25, 0.3) is 11.3 Å². The van der Waals surface area contributed by atoms with Gasteiger partial charge >= 0.3 is 0 Å². The van der Waals surface area contributed by atoms with Crippen molar-refractivity contribution in [3.8, 4) is 11.3 Å². The first-order chi connectivity index (χ1) is 15.5. The topological polar surface area (TPSA) is 93.0 Å². The van der Waals surface area contributed by atoms with Crippen molar-refractivity contribution >= 4 is 17.4 Å². The molecule has 0 atom stereocenters. The number of hydrogen-bond acceptors (Lipinski definition) is 6. The summed E-state index contributed by atoms with van der Waals surface area (Å²) in [4.78, 5) is 31.1. The van der Waals surface area contributed by atoms with Gasteiger partial charge in [0.1, 0.15) is 6.54 Å². The van der Waals surface area contributed by atoms with Gasteiger partial charge in [-0.3, -0.25) is 14.2 Å². The molecular formula is C24H28N6O2. The third-order valence-electron chi connectivity index (χ3n) is 5.60. The number of carbonyl (C=O) groups is 1. The molecule has 1 amide bonds. The number of carbonyl (C=O) groups excluding carboxylic acids is 1. The lowest BCUT2D eigenvalue weighted by molar-refractivity contribution is -0.116. The molecule has 0 aliphatic carbocycles. The predicted octanol–water partition coefficient (Wildman–Crippen LogP) is 3.45. The molecule has 3 aromatic rings. The summed E-state index contributed by atoms with van der Waals surface area (Å²) in [6, 6.07) is 12.9. The molecule has 0 saturated carbocycles. The fourth-order valence-electron chi connectivity index (χ4n) is 3.72. The van der Waals surface area contributed by atoms with E-state index in [-0.39, 0.29) is 23.9 Å². The third kappa shape index (κ3) is 5.19. The van der Waals surface area contributed by atoms with Gasteiger partial charge in [0.2, 0.25) is 5.91 Å². The monoisotopic (exact) mass is 432 g/mol. The van der Waals surface area contributed by atoms with Crippen molar-refractivity contribution in [2.24, 2.45) is 0 Å². The Bertz CT molecular complexity index is 1120. The largest absolute Gasteiger partial charge is 0.355 e. The standard InChI is InChI=1S/C24H28N6O2/c1-17(2)21-14-24(32)30(16-25-21)15-23(31)26-19-8-6-18(7-9-19)20-10-11-22(28-27-20)29-12-4-3-5-13-29/h6-11,14,16-17H,3-5,12-13,15H2,1-2H3,(H,26,31). The van der Waals surface area contributed by atoms with Crippen molar-refractivity contribution < 1.29 is 4.79 Å². The van der Waals surface area contributed by atoms with Crippen LogP contribution < -0.4 is 15.8 Å². The lowest BCUT2D eigenvalue weighted by atomic mass is 10.1. The number of anilines is 2. The molecule has 2 aromatic heterocycles. The molecule has 166 valence electrons. The summed E-state index contributed by atoms with van der Waals surface area (Å²) in [7, 11) is 0. The van der Waals surface area contributed by atoms with Gasteiger partial charge in [-0.2, -0.15) is 0 Å². The Morgan fingerprint density at radius 2 is 1.78 bits per heavy atom. The first kappa shape index (κ1) is 21.7. The van der Waals surface area contributed by atoms with Gasteiger partial charge < -0.3 is 10.2 Å². The third-order valence-corrected chi connectivity index (χ3v) is 5.60. The van der Waals surface area contributed by atoms with Gasteiger partial charge in [-0.05, 0) is 49.4 Å². The van der Waals surface area contributed by atoms with E-state index in [0.717, 1.165) is 30.2 Å². The number of hydrogen-bond donors (Lipinski definition) is 1. The van der Waals surface area contributed by atoms with Crippen LogP contribution in [-0.2, 0) is 11.3 Å². The molecule has 0 unspecified atom stereocenters. The van der Waals surface area contributed by atoms with Crippen LogP contribution in [0.15, 0.2) is 53.6 Å². The second-order valence-electron chi connectivity index (χ2n) is 8.38. The van der Waals surface area contributed by atoms with E-state index in [4.69, 9.17) is 0 Å². The zero-order valence-electron chi connectivity index (χ0n) is 18.5. The first-order valence-corrected chi connectivity index (χ1v) is 11.0. The summed E-state index contributed by atoms with van der Waals surface area (Å²) < 4.78 is 1.30. The fourth-order valence-corrected chi connectivity index (χ4v) is 3.72. The number of aromatic nitrogens is 4. The van der Waals surface area contributed by atoms with Gasteiger partial charge in [0.05, 0.1) is 17.7 Å². The SMILES string of the molecule is CC(C)c1cc(=O)n(CC(=O)Nc2ccc(-c3ccc(N4CCCCC4)nn3)cc2)cn1.